The van der Waals surface area contributed by atoms with Crippen LogP contribution >= 0.6 is 0 Å². The van der Waals surface area contributed by atoms with Crippen molar-refractivity contribution in [1.82, 2.24) is 4.90 Å². The van der Waals surface area contributed by atoms with Gasteiger partial charge in [0, 0.05) is 13.1 Å². The lowest BCUT2D eigenvalue weighted by Crippen LogP contribution is -2.28. The molecule has 1 heterocycles. The highest BCUT2D eigenvalue weighted by atomic mass is 19.4. The Hall–Kier alpha value is -0.690. The minimum Gasteiger partial charge on any atom is -0.292 e. The van der Waals surface area contributed by atoms with Gasteiger partial charge in [-0.05, 0) is 11.8 Å². The molecule has 1 nitrogen and oxygen atoms in total. The first-order valence-corrected chi connectivity index (χ1v) is 4.26. The predicted octanol–water partition coefficient (Wildman–Crippen LogP) is 1.36. The van der Waals surface area contributed by atoms with E-state index in [0.717, 1.165) is 0 Å². The molecule has 0 aromatic heterocycles. The summed E-state index contributed by atoms with van der Waals surface area (Å²) >= 11 is 0. The van der Waals surface area contributed by atoms with Gasteiger partial charge in [0.05, 0.1) is 12.5 Å². The number of piperidine rings is 1. The molecule has 1 saturated carbocycles. The third-order valence-corrected chi connectivity index (χ3v) is 2.96. The zero-order chi connectivity index (χ0) is 9.64. The molecule has 0 N–H and O–H groups in total. The predicted molar refractivity (Wildman–Crippen MR) is 41.8 cm³/mol. The Balaban J connectivity index is 1.88. The summed E-state index contributed by atoms with van der Waals surface area (Å²) in [5, 5.41) is 0. The van der Waals surface area contributed by atoms with Crippen molar-refractivity contribution in [2.75, 3.05) is 19.6 Å². The highest BCUT2D eigenvalue weighted by Crippen LogP contribution is 2.59. The van der Waals surface area contributed by atoms with Gasteiger partial charge in [0.2, 0.25) is 0 Å². The number of rotatable bonds is 1. The van der Waals surface area contributed by atoms with E-state index in [9.17, 15) is 13.2 Å². The molecule has 1 unspecified atom stereocenters. The number of alkyl halides is 3. The van der Waals surface area contributed by atoms with E-state index in [1.165, 1.54) is 0 Å². The van der Waals surface area contributed by atoms with Crippen LogP contribution in [0.25, 0.3) is 0 Å². The molecule has 1 aliphatic heterocycles. The lowest BCUT2D eigenvalue weighted by Gasteiger charge is -2.17. The fourth-order valence-corrected chi connectivity index (χ4v) is 2.36. The Morgan fingerprint density at radius 2 is 1.85 bits per heavy atom. The van der Waals surface area contributed by atoms with Gasteiger partial charge in [-0.15, -0.1) is 6.42 Å². The minimum atomic E-state index is -3.99. The zero-order valence-electron chi connectivity index (χ0n) is 7.01. The summed E-state index contributed by atoms with van der Waals surface area (Å²) in [5.74, 6) is 1.06. The van der Waals surface area contributed by atoms with Gasteiger partial charge >= 0.3 is 6.18 Å². The molecule has 0 spiro atoms. The van der Waals surface area contributed by atoms with Gasteiger partial charge in [-0.2, -0.15) is 13.2 Å². The van der Waals surface area contributed by atoms with Crippen molar-refractivity contribution in [3.05, 3.63) is 0 Å². The largest absolute Gasteiger partial charge is 0.392 e. The van der Waals surface area contributed by atoms with Crippen LogP contribution in [-0.4, -0.2) is 30.7 Å². The second-order valence-corrected chi connectivity index (χ2v) is 3.79. The van der Waals surface area contributed by atoms with E-state index in [1.807, 2.05) is 4.90 Å². The first-order valence-electron chi connectivity index (χ1n) is 4.26. The Labute approximate surface area is 74.9 Å². The fourth-order valence-electron chi connectivity index (χ4n) is 2.36. The fraction of sp³-hybridized carbons (Fsp3) is 0.778. The number of fused-ring (bicyclic) bond motifs is 1. The highest BCUT2D eigenvalue weighted by Gasteiger charge is 2.66. The van der Waals surface area contributed by atoms with Gasteiger partial charge < -0.3 is 0 Å². The van der Waals surface area contributed by atoms with Crippen LogP contribution < -0.4 is 0 Å². The van der Waals surface area contributed by atoms with Crippen LogP contribution in [0.3, 0.4) is 0 Å². The molecule has 0 aromatic rings. The summed E-state index contributed by atoms with van der Waals surface area (Å²) in [6, 6.07) is 0. The van der Waals surface area contributed by atoms with Gasteiger partial charge in [0.15, 0.2) is 0 Å². The quantitative estimate of drug-likeness (QED) is 0.563. The van der Waals surface area contributed by atoms with Crippen LogP contribution in [0.15, 0.2) is 0 Å². The molecule has 0 radical (unpaired) electrons. The number of likely N-dealkylation sites (tertiary alicyclic amines) is 1. The third-order valence-electron chi connectivity index (χ3n) is 2.96. The summed E-state index contributed by atoms with van der Waals surface area (Å²) in [6.07, 6.45) is 1.09. The molecule has 0 amide bonds. The molecule has 2 fully saturated rings. The molecule has 1 saturated heterocycles. The van der Waals surface area contributed by atoms with Gasteiger partial charge in [-0.3, -0.25) is 4.90 Å². The molecule has 3 atom stereocenters. The molecule has 13 heavy (non-hydrogen) atoms. The number of hydrogen-bond donors (Lipinski definition) is 0. The van der Waals surface area contributed by atoms with Crippen molar-refractivity contribution >= 4 is 0 Å². The average Bonchev–Trinajstić information content (AvgIpc) is 2.51. The topological polar surface area (TPSA) is 3.24 Å². The van der Waals surface area contributed by atoms with Crippen LogP contribution in [0.4, 0.5) is 13.2 Å². The maximum Gasteiger partial charge on any atom is 0.392 e. The first kappa shape index (κ1) is 8.89. The van der Waals surface area contributed by atoms with Gasteiger partial charge in [-0.25, -0.2) is 0 Å². The Morgan fingerprint density at radius 3 is 2.23 bits per heavy atom. The van der Waals surface area contributed by atoms with E-state index in [1.54, 1.807) is 0 Å². The molecular formula is C9H10F3N. The van der Waals surface area contributed by atoms with Crippen molar-refractivity contribution in [3.63, 3.8) is 0 Å². The molecule has 2 aliphatic rings. The average molecular weight is 189 g/mol. The van der Waals surface area contributed by atoms with Crippen molar-refractivity contribution in [2.45, 2.75) is 6.18 Å². The van der Waals surface area contributed by atoms with Crippen LogP contribution in [0.5, 0.6) is 0 Å². The van der Waals surface area contributed by atoms with Crippen molar-refractivity contribution in [3.8, 4) is 12.3 Å². The van der Waals surface area contributed by atoms with E-state index >= 15 is 0 Å². The van der Waals surface area contributed by atoms with Crippen LogP contribution in [0, 0.1) is 30.1 Å². The molecule has 4 heteroatoms. The monoisotopic (exact) mass is 189 g/mol. The summed E-state index contributed by atoms with van der Waals surface area (Å²) < 4.78 is 36.6. The highest BCUT2D eigenvalue weighted by molar-refractivity contribution is 5.09. The maximum atomic E-state index is 12.2. The summed E-state index contributed by atoms with van der Waals surface area (Å²) in [4.78, 5) is 1.91. The van der Waals surface area contributed by atoms with Crippen molar-refractivity contribution < 1.29 is 13.2 Å². The van der Waals surface area contributed by atoms with Crippen LogP contribution in [0.1, 0.15) is 0 Å². The maximum absolute atomic E-state index is 12.2. The summed E-state index contributed by atoms with van der Waals surface area (Å²) in [5.41, 5.74) is 0. The zero-order valence-corrected chi connectivity index (χ0v) is 7.01. The first-order chi connectivity index (χ1) is 6.04. The van der Waals surface area contributed by atoms with E-state index in [0.29, 0.717) is 19.6 Å². The number of terminal acetylenes is 1. The van der Waals surface area contributed by atoms with Gasteiger partial charge in [0.1, 0.15) is 0 Å². The lowest BCUT2D eigenvalue weighted by molar-refractivity contribution is -0.156. The summed E-state index contributed by atoms with van der Waals surface area (Å²) in [6.45, 7) is 1.54. The molecule has 72 valence electrons. The number of halogens is 3. The second kappa shape index (κ2) is 2.65. The Kier molecular flexibility index (Phi) is 1.81. The van der Waals surface area contributed by atoms with E-state index in [2.05, 4.69) is 5.92 Å². The third kappa shape index (κ3) is 1.42. The van der Waals surface area contributed by atoms with Crippen molar-refractivity contribution in [1.29, 1.82) is 0 Å². The minimum absolute atomic E-state index is 0.173. The summed E-state index contributed by atoms with van der Waals surface area (Å²) in [7, 11) is 0. The molecule has 0 bridgehead atoms. The molecule has 0 aromatic carbocycles. The van der Waals surface area contributed by atoms with Crippen LogP contribution in [0.2, 0.25) is 0 Å². The second-order valence-electron chi connectivity index (χ2n) is 3.79. The van der Waals surface area contributed by atoms with Gasteiger partial charge in [-0.1, -0.05) is 5.92 Å². The lowest BCUT2D eigenvalue weighted by atomic mass is 10.2. The normalized spacial score (nSPS) is 38.5. The van der Waals surface area contributed by atoms with E-state index < -0.39 is 12.1 Å². The number of hydrogen-bond acceptors (Lipinski definition) is 1. The molecular weight excluding hydrogens is 179 g/mol. The molecule has 1 aliphatic carbocycles. The SMILES string of the molecule is C#CCN1C[C@@H]2C(C(F)(F)F)[C@@H]2C1. The van der Waals surface area contributed by atoms with Crippen LogP contribution in [-0.2, 0) is 0 Å². The van der Waals surface area contributed by atoms with Crippen molar-refractivity contribution in [2.24, 2.45) is 17.8 Å². The van der Waals surface area contributed by atoms with E-state index in [4.69, 9.17) is 6.42 Å². The Morgan fingerprint density at radius 1 is 1.31 bits per heavy atom. The van der Waals surface area contributed by atoms with Gasteiger partial charge in [0.25, 0.3) is 0 Å². The smallest absolute Gasteiger partial charge is 0.292 e. The Bertz CT molecular complexity index is 241. The number of nitrogens with zero attached hydrogens (tertiary/aromatic N) is 1. The molecule has 2 rings (SSSR count). The standard InChI is InChI=1S/C9H10F3N/c1-2-3-13-4-6-7(5-13)8(6)9(10,11)12/h1,6-8H,3-5H2/t6-,7+,8?. The van der Waals surface area contributed by atoms with E-state index in [-0.39, 0.29) is 11.8 Å².